The molecule has 2 atom stereocenters. The van der Waals surface area contributed by atoms with E-state index in [1.807, 2.05) is 0 Å². The summed E-state index contributed by atoms with van der Waals surface area (Å²) in [4.78, 5) is 24.8. The number of fused-ring (bicyclic) bond motifs is 2. The molecule has 1 amide bonds. The second kappa shape index (κ2) is 5.92. The molecule has 7 heteroatoms. The predicted octanol–water partition coefficient (Wildman–Crippen LogP) is 2.77. The van der Waals surface area contributed by atoms with Crippen LogP contribution in [-0.4, -0.2) is 41.2 Å². The third-order valence-corrected chi connectivity index (χ3v) is 4.67. The van der Waals surface area contributed by atoms with Crippen molar-refractivity contribution in [1.29, 1.82) is 0 Å². The predicted molar refractivity (Wildman–Crippen MR) is 80.8 cm³/mol. The van der Waals surface area contributed by atoms with Crippen LogP contribution in [0.15, 0.2) is 24.3 Å². The lowest BCUT2D eigenvalue weighted by Crippen LogP contribution is -2.43. The molecule has 0 radical (unpaired) electrons. The zero-order valence-corrected chi connectivity index (χ0v) is 12.4. The van der Waals surface area contributed by atoms with Crippen LogP contribution in [0.4, 0.5) is 16.2 Å². The number of benzene rings is 1. The Hall–Kier alpha value is -2.15. The first-order valence-corrected chi connectivity index (χ1v) is 7.47. The summed E-state index contributed by atoms with van der Waals surface area (Å²) in [6.45, 7) is 0. The van der Waals surface area contributed by atoms with E-state index in [1.54, 1.807) is 12.1 Å². The maximum absolute atomic E-state index is 12.0. The van der Waals surface area contributed by atoms with Gasteiger partial charge in [-0.2, -0.15) is 0 Å². The molecule has 3 rings (SSSR count). The van der Waals surface area contributed by atoms with Crippen LogP contribution in [0, 0.1) is 10.1 Å². The van der Waals surface area contributed by atoms with Crippen molar-refractivity contribution in [2.24, 2.45) is 0 Å². The number of ether oxygens (including phenoxy) is 1. The molecular formula is C15H19N3O4. The van der Waals surface area contributed by atoms with Gasteiger partial charge in [-0.3, -0.25) is 15.4 Å². The highest BCUT2D eigenvalue weighted by atomic mass is 16.6. The van der Waals surface area contributed by atoms with Crippen molar-refractivity contribution in [3.05, 3.63) is 34.4 Å². The SMILES string of the molecule is CN1C2CCC1CC(OC(=O)Nc1ccccc1[N+](=O)[O-])C2. The fourth-order valence-corrected chi connectivity index (χ4v) is 3.49. The number of nitro groups is 1. The molecule has 0 saturated carbocycles. The first-order valence-electron chi connectivity index (χ1n) is 7.47. The van der Waals surface area contributed by atoms with Crippen molar-refractivity contribution in [3.8, 4) is 0 Å². The van der Waals surface area contributed by atoms with Crippen molar-refractivity contribution in [2.45, 2.75) is 43.9 Å². The van der Waals surface area contributed by atoms with Crippen molar-refractivity contribution in [2.75, 3.05) is 12.4 Å². The monoisotopic (exact) mass is 305 g/mol. The van der Waals surface area contributed by atoms with Gasteiger partial charge in [-0.15, -0.1) is 0 Å². The second-order valence-electron chi connectivity index (χ2n) is 5.95. The minimum Gasteiger partial charge on any atom is -0.446 e. The summed E-state index contributed by atoms with van der Waals surface area (Å²) in [5, 5.41) is 13.4. The van der Waals surface area contributed by atoms with Crippen molar-refractivity contribution in [1.82, 2.24) is 4.90 Å². The number of nitro benzene ring substituents is 1. The Balaban J connectivity index is 1.61. The number of piperidine rings is 1. The number of hydrogen-bond acceptors (Lipinski definition) is 5. The fourth-order valence-electron chi connectivity index (χ4n) is 3.49. The van der Waals surface area contributed by atoms with E-state index in [0.717, 1.165) is 25.7 Å². The summed E-state index contributed by atoms with van der Waals surface area (Å²) in [7, 11) is 2.12. The van der Waals surface area contributed by atoms with E-state index in [0.29, 0.717) is 12.1 Å². The van der Waals surface area contributed by atoms with E-state index in [1.165, 1.54) is 12.1 Å². The molecule has 22 heavy (non-hydrogen) atoms. The van der Waals surface area contributed by atoms with Gasteiger partial charge >= 0.3 is 6.09 Å². The maximum Gasteiger partial charge on any atom is 0.412 e. The summed E-state index contributed by atoms with van der Waals surface area (Å²) in [5.41, 5.74) is 0.0243. The van der Waals surface area contributed by atoms with E-state index in [-0.39, 0.29) is 17.5 Å². The summed E-state index contributed by atoms with van der Waals surface area (Å²) < 4.78 is 5.46. The largest absolute Gasteiger partial charge is 0.446 e. The molecule has 2 aliphatic rings. The Kier molecular flexibility index (Phi) is 3.98. The Labute approximate surface area is 128 Å². The highest BCUT2D eigenvalue weighted by molar-refractivity contribution is 5.87. The number of nitrogens with zero attached hydrogens (tertiary/aromatic N) is 2. The quantitative estimate of drug-likeness (QED) is 0.685. The number of carbonyl (C=O) groups excluding carboxylic acids is 1. The van der Waals surface area contributed by atoms with Crippen LogP contribution < -0.4 is 5.32 Å². The standard InChI is InChI=1S/C15H19N3O4/c1-17-10-6-7-11(17)9-12(8-10)22-15(19)16-13-4-2-3-5-14(13)18(20)21/h2-5,10-12H,6-9H2,1H3,(H,16,19). The van der Waals surface area contributed by atoms with Gasteiger partial charge in [-0.05, 0) is 26.0 Å². The molecule has 0 aromatic heterocycles. The zero-order chi connectivity index (χ0) is 15.7. The highest BCUT2D eigenvalue weighted by Gasteiger charge is 2.39. The molecule has 2 aliphatic heterocycles. The number of anilines is 1. The summed E-state index contributed by atoms with van der Waals surface area (Å²) in [6, 6.07) is 7.00. The summed E-state index contributed by atoms with van der Waals surface area (Å²) in [6.07, 6.45) is 3.22. The van der Waals surface area contributed by atoms with Crippen LogP contribution in [0.1, 0.15) is 25.7 Å². The smallest absolute Gasteiger partial charge is 0.412 e. The minimum absolute atomic E-state index is 0.114. The summed E-state index contributed by atoms with van der Waals surface area (Å²) in [5.74, 6) is 0. The molecule has 2 bridgehead atoms. The average Bonchev–Trinajstić information content (AvgIpc) is 2.70. The molecule has 118 valence electrons. The zero-order valence-electron chi connectivity index (χ0n) is 12.4. The Morgan fingerprint density at radius 1 is 1.32 bits per heavy atom. The molecule has 7 nitrogen and oxygen atoms in total. The Morgan fingerprint density at radius 3 is 2.59 bits per heavy atom. The normalized spacial score (nSPS) is 27.4. The summed E-state index contributed by atoms with van der Waals surface area (Å²) >= 11 is 0. The lowest BCUT2D eigenvalue weighted by atomic mass is 10.0. The molecule has 2 fully saturated rings. The maximum atomic E-state index is 12.0. The van der Waals surface area contributed by atoms with E-state index in [4.69, 9.17) is 4.74 Å². The number of amides is 1. The molecule has 1 aromatic carbocycles. The van der Waals surface area contributed by atoms with Crippen LogP contribution >= 0.6 is 0 Å². The molecule has 1 N–H and O–H groups in total. The third-order valence-electron chi connectivity index (χ3n) is 4.67. The van der Waals surface area contributed by atoms with Crippen molar-refractivity contribution < 1.29 is 14.5 Å². The highest BCUT2D eigenvalue weighted by Crippen LogP contribution is 2.35. The van der Waals surface area contributed by atoms with E-state index >= 15 is 0 Å². The van der Waals surface area contributed by atoms with Gasteiger partial charge in [0.05, 0.1) is 4.92 Å². The van der Waals surface area contributed by atoms with Crippen molar-refractivity contribution >= 4 is 17.5 Å². The fraction of sp³-hybridized carbons (Fsp3) is 0.533. The number of nitrogens with one attached hydrogen (secondary N) is 1. The van der Waals surface area contributed by atoms with Crippen LogP contribution in [0.5, 0.6) is 0 Å². The van der Waals surface area contributed by atoms with Gasteiger partial charge in [-0.25, -0.2) is 4.79 Å². The van der Waals surface area contributed by atoms with Gasteiger partial charge in [0.1, 0.15) is 11.8 Å². The molecular weight excluding hydrogens is 286 g/mol. The van der Waals surface area contributed by atoms with Gasteiger partial charge in [0, 0.05) is 31.0 Å². The molecule has 2 saturated heterocycles. The lowest BCUT2D eigenvalue weighted by molar-refractivity contribution is -0.383. The van der Waals surface area contributed by atoms with Gasteiger partial charge in [0.25, 0.3) is 5.69 Å². The Bertz CT molecular complexity index is 578. The molecule has 2 unspecified atom stereocenters. The van der Waals surface area contributed by atoms with E-state index in [2.05, 4.69) is 17.3 Å². The number of hydrogen-bond donors (Lipinski definition) is 1. The molecule has 2 heterocycles. The van der Waals surface area contributed by atoms with Crippen LogP contribution in [0.2, 0.25) is 0 Å². The first kappa shape index (κ1) is 14.8. The molecule has 0 aliphatic carbocycles. The topological polar surface area (TPSA) is 84.7 Å². The van der Waals surface area contributed by atoms with E-state index < -0.39 is 11.0 Å². The first-order chi connectivity index (χ1) is 10.5. The Morgan fingerprint density at radius 2 is 1.95 bits per heavy atom. The van der Waals surface area contributed by atoms with Crippen LogP contribution in [-0.2, 0) is 4.74 Å². The van der Waals surface area contributed by atoms with Crippen LogP contribution in [0.3, 0.4) is 0 Å². The van der Waals surface area contributed by atoms with Gasteiger partial charge in [0.2, 0.25) is 0 Å². The van der Waals surface area contributed by atoms with Crippen LogP contribution in [0.25, 0.3) is 0 Å². The number of para-hydroxylation sites is 2. The molecule has 0 spiro atoms. The average molecular weight is 305 g/mol. The third kappa shape index (κ3) is 2.89. The number of carbonyl (C=O) groups is 1. The van der Waals surface area contributed by atoms with Gasteiger partial charge in [-0.1, -0.05) is 12.1 Å². The molecule has 1 aromatic rings. The van der Waals surface area contributed by atoms with Crippen molar-refractivity contribution in [3.63, 3.8) is 0 Å². The second-order valence-corrected chi connectivity index (χ2v) is 5.95. The van der Waals surface area contributed by atoms with Gasteiger partial charge < -0.3 is 9.64 Å². The van der Waals surface area contributed by atoms with E-state index in [9.17, 15) is 14.9 Å². The minimum atomic E-state index is -0.622. The lowest BCUT2D eigenvalue weighted by Gasteiger charge is -2.35. The number of rotatable bonds is 3. The van der Waals surface area contributed by atoms with Gasteiger partial charge in [0.15, 0.2) is 0 Å².